The lowest BCUT2D eigenvalue weighted by Crippen LogP contribution is -2.50. The molecule has 0 heterocycles. The van der Waals surface area contributed by atoms with Gasteiger partial charge >= 0.3 is 0 Å². The second-order valence-electron chi connectivity index (χ2n) is 7.49. The summed E-state index contributed by atoms with van der Waals surface area (Å²) in [5.41, 5.74) is 2.74. The topological polar surface area (TPSA) is 58.6 Å². The minimum absolute atomic E-state index is 0.132. The van der Waals surface area contributed by atoms with Crippen molar-refractivity contribution < 1.29 is 14.3 Å². The molecule has 3 rings (SSSR count). The lowest BCUT2D eigenvalue weighted by Gasteiger charge is -2.31. The van der Waals surface area contributed by atoms with Gasteiger partial charge in [-0.3, -0.25) is 9.59 Å². The van der Waals surface area contributed by atoms with E-state index in [9.17, 15) is 9.59 Å². The van der Waals surface area contributed by atoms with Crippen LogP contribution in [0.4, 0.5) is 0 Å². The van der Waals surface area contributed by atoms with Crippen LogP contribution in [0.1, 0.15) is 16.7 Å². The first kappa shape index (κ1) is 23.4. The second kappa shape index (κ2) is 11.3. The average molecular weight is 451 g/mol. The van der Waals surface area contributed by atoms with Crippen LogP contribution >= 0.6 is 11.6 Å². The Labute approximate surface area is 194 Å². The first-order valence-corrected chi connectivity index (χ1v) is 10.8. The van der Waals surface area contributed by atoms with Gasteiger partial charge in [0.15, 0.2) is 0 Å². The Hall–Kier alpha value is -3.31. The Morgan fingerprint density at radius 3 is 2.12 bits per heavy atom. The number of benzene rings is 3. The monoisotopic (exact) mass is 450 g/mol. The molecule has 1 N–H and O–H groups in total. The zero-order chi connectivity index (χ0) is 22.9. The zero-order valence-electron chi connectivity index (χ0n) is 18.3. The average Bonchev–Trinajstić information content (AvgIpc) is 2.83. The second-order valence-corrected chi connectivity index (χ2v) is 7.93. The van der Waals surface area contributed by atoms with Crippen molar-refractivity contribution in [2.24, 2.45) is 0 Å². The molecule has 0 spiro atoms. The van der Waals surface area contributed by atoms with Crippen molar-refractivity contribution in [3.05, 3.63) is 101 Å². The number of nitrogens with zero attached hydrogens (tertiary/aromatic N) is 1. The van der Waals surface area contributed by atoms with Crippen LogP contribution in [0.25, 0.3) is 0 Å². The number of likely N-dealkylation sites (N-methyl/N-ethyl adjacent to an activating group) is 1. The summed E-state index contributed by atoms with van der Waals surface area (Å²) < 4.78 is 5.24. The molecule has 166 valence electrons. The number of nitrogens with one attached hydrogen (secondary N) is 1. The molecule has 0 fully saturated rings. The molecule has 0 aromatic heterocycles. The molecule has 5 nitrogen and oxygen atoms in total. The molecule has 1 unspecified atom stereocenters. The normalized spacial score (nSPS) is 11.5. The number of rotatable bonds is 9. The molecule has 1 atom stereocenters. The van der Waals surface area contributed by atoms with Gasteiger partial charge in [0.25, 0.3) is 0 Å². The van der Waals surface area contributed by atoms with Gasteiger partial charge in [0.2, 0.25) is 11.8 Å². The molecular formula is C26H27ClN2O3. The third kappa shape index (κ3) is 6.34. The molecule has 0 aliphatic carbocycles. The van der Waals surface area contributed by atoms with Gasteiger partial charge in [-0.25, -0.2) is 0 Å². The highest BCUT2D eigenvalue weighted by atomic mass is 35.5. The van der Waals surface area contributed by atoms with E-state index in [-0.39, 0.29) is 18.2 Å². The molecule has 6 heteroatoms. The molecule has 3 aromatic rings. The maximum absolute atomic E-state index is 13.5. The molecule has 0 aliphatic rings. The van der Waals surface area contributed by atoms with Gasteiger partial charge in [-0.15, -0.1) is 0 Å². The van der Waals surface area contributed by atoms with E-state index >= 15 is 0 Å². The van der Waals surface area contributed by atoms with Crippen molar-refractivity contribution in [1.82, 2.24) is 10.2 Å². The Morgan fingerprint density at radius 1 is 0.906 bits per heavy atom. The van der Waals surface area contributed by atoms with E-state index < -0.39 is 6.04 Å². The quantitative estimate of drug-likeness (QED) is 0.529. The Balaban J connectivity index is 1.91. The van der Waals surface area contributed by atoms with E-state index in [1.165, 1.54) is 0 Å². The van der Waals surface area contributed by atoms with Crippen molar-refractivity contribution >= 4 is 23.4 Å². The number of methoxy groups -OCH3 is 1. The first-order chi connectivity index (χ1) is 15.5. The summed E-state index contributed by atoms with van der Waals surface area (Å²) in [6.45, 7) is 0.307. The minimum Gasteiger partial charge on any atom is -0.497 e. The number of hydrogen-bond acceptors (Lipinski definition) is 3. The maximum Gasteiger partial charge on any atom is 0.242 e. The van der Waals surface area contributed by atoms with Gasteiger partial charge < -0.3 is 15.0 Å². The summed E-state index contributed by atoms with van der Waals surface area (Å²) in [5.74, 6) is 0.402. The summed E-state index contributed by atoms with van der Waals surface area (Å²) in [7, 11) is 3.20. The number of halogens is 1. The van der Waals surface area contributed by atoms with Gasteiger partial charge in [0, 0.05) is 25.0 Å². The van der Waals surface area contributed by atoms with Gasteiger partial charge in [-0.05, 0) is 41.0 Å². The van der Waals surface area contributed by atoms with E-state index in [0.717, 1.165) is 22.4 Å². The summed E-state index contributed by atoms with van der Waals surface area (Å²) in [5, 5.41) is 3.34. The fraction of sp³-hybridized carbons (Fsp3) is 0.231. The van der Waals surface area contributed by atoms with Crippen LogP contribution in [0, 0.1) is 0 Å². The SMILES string of the molecule is CNC(=O)C(Cc1ccccc1)N(Cc1ccc(OC)cc1)C(=O)Cc1ccc(Cl)cc1. The summed E-state index contributed by atoms with van der Waals surface area (Å²) >= 11 is 5.99. The molecule has 0 bridgehead atoms. The van der Waals surface area contributed by atoms with Crippen LogP contribution in [0.5, 0.6) is 5.75 Å². The summed E-state index contributed by atoms with van der Waals surface area (Å²) in [6.07, 6.45) is 0.596. The van der Waals surface area contributed by atoms with Crippen LogP contribution in [0.15, 0.2) is 78.9 Å². The van der Waals surface area contributed by atoms with Crippen LogP contribution in [-0.4, -0.2) is 36.9 Å². The number of amides is 2. The van der Waals surface area contributed by atoms with Crippen LogP contribution in [0.3, 0.4) is 0 Å². The fourth-order valence-corrected chi connectivity index (χ4v) is 3.65. The van der Waals surface area contributed by atoms with Gasteiger partial charge in [-0.2, -0.15) is 0 Å². The highest BCUT2D eigenvalue weighted by Crippen LogP contribution is 2.19. The van der Waals surface area contributed by atoms with Crippen LogP contribution in [-0.2, 0) is 29.0 Å². The Bertz CT molecular complexity index is 1020. The van der Waals surface area contributed by atoms with E-state index in [2.05, 4.69) is 5.32 Å². The van der Waals surface area contributed by atoms with Gasteiger partial charge in [0.05, 0.1) is 13.5 Å². The standard InChI is InChI=1S/C26H27ClN2O3/c1-28-26(31)24(16-19-6-4-3-5-7-19)29(18-21-10-14-23(32-2)15-11-21)25(30)17-20-8-12-22(27)13-9-20/h3-15,24H,16-18H2,1-2H3,(H,28,31). The molecule has 32 heavy (non-hydrogen) atoms. The molecular weight excluding hydrogens is 424 g/mol. The van der Waals surface area contributed by atoms with Crippen molar-refractivity contribution in [2.45, 2.75) is 25.4 Å². The van der Waals surface area contributed by atoms with Gasteiger partial charge in [-0.1, -0.05) is 66.2 Å². The van der Waals surface area contributed by atoms with E-state index in [1.54, 1.807) is 31.2 Å². The number of carbonyl (C=O) groups is 2. The highest BCUT2D eigenvalue weighted by molar-refractivity contribution is 6.30. The summed E-state index contributed by atoms with van der Waals surface area (Å²) in [4.78, 5) is 28.0. The highest BCUT2D eigenvalue weighted by Gasteiger charge is 2.29. The maximum atomic E-state index is 13.5. The van der Waals surface area contributed by atoms with Crippen LogP contribution < -0.4 is 10.1 Å². The fourth-order valence-electron chi connectivity index (χ4n) is 3.53. The molecule has 2 amide bonds. The number of carbonyl (C=O) groups excluding carboxylic acids is 2. The summed E-state index contributed by atoms with van der Waals surface area (Å²) in [6, 6.07) is 23.8. The minimum atomic E-state index is -0.649. The van der Waals surface area contributed by atoms with Crippen molar-refractivity contribution in [2.75, 3.05) is 14.2 Å². The number of hydrogen-bond donors (Lipinski definition) is 1. The molecule has 0 saturated heterocycles. The van der Waals surface area contributed by atoms with E-state index in [0.29, 0.717) is 18.0 Å². The predicted molar refractivity (Wildman–Crippen MR) is 127 cm³/mol. The molecule has 0 aliphatic heterocycles. The Morgan fingerprint density at radius 2 is 1.53 bits per heavy atom. The lowest BCUT2D eigenvalue weighted by atomic mass is 10.0. The Kier molecular flexibility index (Phi) is 8.28. The molecule has 0 saturated carbocycles. The first-order valence-electron chi connectivity index (χ1n) is 10.4. The van der Waals surface area contributed by atoms with Crippen molar-refractivity contribution in [1.29, 1.82) is 0 Å². The predicted octanol–water partition coefficient (Wildman–Crippen LogP) is 4.28. The van der Waals surface area contributed by atoms with Crippen molar-refractivity contribution in [3.63, 3.8) is 0 Å². The van der Waals surface area contributed by atoms with E-state index in [4.69, 9.17) is 16.3 Å². The van der Waals surface area contributed by atoms with Crippen molar-refractivity contribution in [3.8, 4) is 5.75 Å². The number of ether oxygens (including phenoxy) is 1. The molecule has 0 radical (unpaired) electrons. The molecule has 3 aromatic carbocycles. The third-order valence-electron chi connectivity index (χ3n) is 5.30. The smallest absolute Gasteiger partial charge is 0.242 e. The lowest BCUT2D eigenvalue weighted by molar-refractivity contribution is -0.140. The largest absolute Gasteiger partial charge is 0.497 e. The zero-order valence-corrected chi connectivity index (χ0v) is 19.0. The van der Waals surface area contributed by atoms with Gasteiger partial charge in [0.1, 0.15) is 11.8 Å². The van der Waals surface area contributed by atoms with E-state index in [1.807, 2.05) is 66.7 Å². The third-order valence-corrected chi connectivity index (χ3v) is 5.55. The van der Waals surface area contributed by atoms with Crippen LogP contribution in [0.2, 0.25) is 5.02 Å².